The molecule has 2 aliphatic heterocycles. The predicted octanol–water partition coefficient (Wildman–Crippen LogP) is 13.0. The molecule has 0 amide bonds. The lowest BCUT2D eigenvalue weighted by Crippen LogP contribution is -2.59. The van der Waals surface area contributed by atoms with Crippen LogP contribution in [0.25, 0.3) is 33.2 Å². The van der Waals surface area contributed by atoms with Crippen LogP contribution in [0.3, 0.4) is 0 Å². The van der Waals surface area contributed by atoms with Crippen LogP contribution in [0.2, 0.25) is 0 Å². The molecular weight excluding hydrogens is 727 g/mol. The van der Waals surface area contributed by atoms with Crippen LogP contribution in [0.5, 0.6) is 0 Å². The van der Waals surface area contributed by atoms with Gasteiger partial charge in [0.05, 0.1) is 22.4 Å². The van der Waals surface area contributed by atoms with Crippen molar-refractivity contribution in [3.8, 4) is 11.4 Å². The van der Waals surface area contributed by atoms with E-state index in [9.17, 15) is 0 Å². The minimum Gasteiger partial charge on any atom is -0.314 e. The van der Waals surface area contributed by atoms with Gasteiger partial charge in [-0.3, -0.25) is 0 Å². The Balaban J connectivity index is 1.25. The molecule has 2 aliphatic rings. The molecule has 11 rings (SSSR count). The van der Waals surface area contributed by atoms with E-state index < -0.39 is 0 Å². The zero-order chi connectivity index (χ0) is 40.8. The number of hydrogen-bond acceptors (Lipinski definition) is 2. The van der Waals surface area contributed by atoms with Gasteiger partial charge >= 0.3 is 0 Å². The molecule has 292 valence electrons. The molecule has 7 aromatic carbocycles. The van der Waals surface area contributed by atoms with Crippen molar-refractivity contribution < 1.29 is 0 Å². The van der Waals surface area contributed by atoms with Crippen molar-refractivity contribution in [3.63, 3.8) is 0 Å². The van der Waals surface area contributed by atoms with Crippen LogP contribution in [-0.2, 0) is 0 Å². The van der Waals surface area contributed by atoms with E-state index in [2.05, 4.69) is 230 Å². The van der Waals surface area contributed by atoms with Crippen molar-refractivity contribution in [2.45, 2.75) is 59.3 Å². The topological polar surface area (TPSA) is 16.3 Å². The fraction of sp³-hybridized carbons (Fsp3) is 0.164. The maximum Gasteiger partial charge on any atom is 0.252 e. The van der Waals surface area contributed by atoms with Gasteiger partial charge in [-0.25, -0.2) is 0 Å². The summed E-state index contributed by atoms with van der Waals surface area (Å²) in [7, 11) is 0. The van der Waals surface area contributed by atoms with E-state index in [1.54, 1.807) is 0 Å². The third-order valence-corrected chi connectivity index (χ3v) is 12.9. The molecular formula is C55H49BN4. The minimum atomic E-state index is 0.0536. The molecule has 60 heavy (non-hydrogen) atoms. The average Bonchev–Trinajstić information content (AvgIpc) is 3.89. The SMILES string of the molecule is CC(C)c1cc2c3c(c1)-n1c(C(C)C)cc4c(N(c5ccccc5)c5ccccc5)ccc(c41)B3c1ccc(N(c3ccccc3)c3ccccc3)c3cc(C(C)C)n-2c13. The predicted molar refractivity (Wildman–Crippen MR) is 256 cm³/mol. The van der Waals surface area contributed by atoms with Gasteiger partial charge in [-0.1, -0.05) is 126 Å². The van der Waals surface area contributed by atoms with Crippen molar-refractivity contribution in [2.24, 2.45) is 0 Å². The van der Waals surface area contributed by atoms with Crippen LogP contribution in [0, 0.1) is 0 Å². The van der Waals surface area contributed by atoms with Gasteiger partial charge in [-0.05, 0) is 125 Å². The second-order valence-corrected chi connectivity index (χ2v) is 17.6. The average molecular weight is 777 g/mol. The van der Waals surface area contributed by atoms with Crippen LogP contribution in [0.4, 0.5) is 34.1 Å². The number of nitrogens with zero attached hydrogens (tertiary/aromatic N) is 4. The van der Waals surface area contributed by atoms with Crippen LogP contribution < -0.4 is 26.2 Å². The Kier molecular flexibility index (Phi) is 8.46. The van der Waals surface area contributed by atoms with Crippen LogP contribution in [0.1, 0.15) is 76.2 Å². The smallest absolute Gasteiger partial charge is 0.252 e. The van der Waals surface area contributed by atoms with E-state index in [1.807, 2.05) is 0 Å². The maximum atomic E-state index is 2.65. The van der Waals surface area contributed by atoms with Crippen molar-refractivity contribution in [3.05, 3.63) is 187 Å². The molecule has 4 heterocycles. The molecule has 0 unspecified atom stereocenters. The maximum absolute atomic E-state index is 2.65. The van der Waals surface area contributed by atoms with Crippen molar-refractivity contribution >= 4 is 79.0 Å². The molecule has 0 fully saturated rings. The van der Waals surface area contributed by atoms with E-state index >= 15 is 0 Å². The van der Waals surface area contributed by atoms with E-state index in [0.717, 1.165) is 22.7 Å². The number of benzene rings is 7. The van der Waals surface area contributed by atoms with Gasteiger partial charge in [0.2, 0.25) is 0 Å². The van der Waals surface area contributed by atoms with Crippen LogP contribution in [-0.4, -0.2) is 15.8 Å². The summed E-state index contributed by atoms with van der Waals surface area (Å²) in [5.74, 6) is 0.963. The molecule has 5 heteroatoms. The molecule has 0 saturated carbocycles. The molecule has 0 N–H and O–H groups in total. The quantitative estimate of drug-likeness (QED) is 0.136. The lowest BCUT2D eigenvalue weighted by molar-refractivity contribution is 0.786. The van der Waals surface area contributed by atoms with Gasteiger partial charge in [0, 0.05) is 56.3 Å². The highest BCUT2D eigenvalue weighted by molar-refractivity contribution is 7.00. The van der Waals surface area contributed by atoms with Crippen LogP contribution >= 0.6 is 0 Å². The Morgan fingerprint density at radius 2 is 0.750 bits per heavy atom. The first-order chi connectivity index (χ1) is 29.3. The minimum absolute atomic E-state index is 0.0536. The largest absolute Gasteiger partial charge is 0.314 e. The highest BCUT2D eigenvalue weighted by Gasteiger charge is 2.42. The van der Waals surface area contributed by atoms with Crippen molar-refractivity contribution in [1.29, 1.82) is 0 Å². The highest BCUT2D eigenvalue weighted by atomic mass is 15.2. The highest BCUT2D eigenvalue weighted by Crippen LogP contribution is 2.46. The number of hydrogen-bond donors (Lipinski definition) is 0. The van der Waals surface area contributed by atoms with Gasteiger partial charge < -0.3 is 18.9 Å². The summed E-state index contributed by atoms with van der Waals surface area (Å²) in [5.41, 5.74) is 20.4. The van der Waals surface area contributed by atoms with E-state index in [0.29, 0.717) is 17.8 Å². The lowest BCUT2D eigenvalue weighted by atomic mass is 9.34. The number of fused-ring (bicyclic) bond motifs is 4. The summed E-state index contributed by atoms with van der Waals surface area (Å²) >= 11 is 0. The molecule has 0 atom stereocenters. The van der Waals surface area contributed by atoms with E-state index in [4.69, 9.17) is 0 Å². The van der Waals surface area contributed by atoms with Gasteiger partial charge in [0.1, 0.15) is 0 Å². The molecule has 4 nitrogen and oxygen atoms in total. The molecule has 0 spiro atoms. The first-order valence-electron chi connectivity index (χ1n) is 21.7. The Morgan fingerprint density at radius 1 is 0.400 bits per heavy atom. The molecule has 0 radical (unpaired) electrons. The number of rotatable bonds is 9. The monoisotopic (exact) mass is 776 g/mol. The number of aromatic nitrogens is 2. The fourth-order valence-corrected chi connectivity index (χ4v) is 10.2. The Labute approximate surface area is 354 Å². The van der Waals surface area contributed by atoms with Gasteiger partial charge in [-0.2, -0.15) is 0 Å². The molecule has 2 aromatic heterocycles. The number of para-hydroxylation sites is 4. The van der Waals surface area contributed by atoms with Gasteiger partial charge in [0.25, 0.3) is 6.71 Å². The number of anilines is 6. The third kappa shape index (κ3) is 5.38. The normalized spacial score (nSPS) is 12.6. The zero-order valence-electron chi connectivity index (χ0n) is 35.3. The van der Waals surface area contributed by atoms with Gasteiger partial charge in [-0.15, -0.1) is 0 Å². The summed E-state index contributed by atoms with van der Waals surface area (Å²) in [4.78, 5) is 4.88. The summed E-state index contributed by atoms with van der Waals surface area (Å²) in [6, 6.07) is 63.1. The van der Waals surface area contributed by atoms with Crippen molar-refractivity contribution in [2.75, 3.05) is 9.80 Å². The summed E-state index contributed by atoms with van der Waals surface area (Å²) < 4.78 is 5.30. The summed E-state index contributed by atoms with van der Waals surface area (Å²) in [6.07, 6.45) is 0. The standard InChI is InChI=1S/C55H49BN4/c1-35(2)38-31-51-53-52(32-38)60-50(37(5)6)34-44-48(58(41-23-15-9-16-24-41)42-25-17-10-18-26-42)30-28-46(55(44)60)56(53)45-27-29-47(43-33-49(36(3)4)59(51)54(43)45)57(39-19-11-7-12-20-39)40-21-13-8-14-22-40/h7-37H,1-6H3. The first-order valence-corrected chi connectivity index (χ1v) is 21.7. The summed E-state index contributed by atoms with van der Waals surface area (Å²) in [5, 5.41) is 2.56. The molecule has 0 saturated heterocycles. The van der Waals surface area contributed by atoms with E-state index in [-0.39, 0.29) is 6.71 Å². The third-order valence-electron chi connectivity index (χ3n) is 12.9. The second kappa shape index (κ2) is 14.0. The van der Waals surface area contributed by atoms with Gasteiger partial charge in [0.15, 0.2) is 0 Å². The summed E-state index contributed by atoms with van der Waals surface area (Å²) in [6.45, 7) is 14.1. The molecule has 0 bridgehead atoms. The van der Waals surface area contributed by atoms with E-state index in [1.165, 1.54) is 77.9 Å². The van der Waals surface area contributed by atoms with Crippen LogP contribution in [0.15, 0.2) is 170 Å². The van der Waals surface area contributed by atoms with Crippen molar-refractivity contribution in [1.82, 2.24) is 9.13 Å². The second-order valence-electron chi connectivity index (χ2n) is 17.6. The zero-order valence-corrected chi connectivity index (χ0v) is 35.3. The molecule has 9 aromatic rings. The Morgan fingerprint density at radius 3 is 1.07 bits per heavy atom. The fourth-order valence-electron chi connectivity index (χ4n) is 10.2. The first kappa shape index (κ1) is 36.4. The molecule has 0 aliphatic carbocycles. The Bertz CT molecular complexity index is 2790. The lowest BCUT2D eigenvalue weighted by Gasteiger charge is -2.37. The Hall–Kier alpha value is -6.72.